The summed E-state index contributed by atoms with van der Waals surface area (Å²) < 4.78 is 50.3. The zero-order chi connectivity index (χ0) is 26.0. The molecular formula is C27H35FN4O3S2. The molecule has 0 aliphatic heterocycles. The summed E-state index contributed by atoms with van der Waals surface area (Å²) in [5.41, 5.74) is 1.25. The topological polar surface area (TPSA) is 83.6 Å². The summed E-state index contributed by atoms with van der Waals surface area (Å²) in [5, 5.41) is 3.61. The Morgan fingerprint density at radius 2 is 1.81 bits per heavy atom. The summed E-state index contributed by atoms with van der Waals surface area (Å²) in [7, 11) is -0.0325. The van der Waals surface area contributed by atoms with Gasteiger partial charge in [0, 0.05) is 17.8 Å². The van der Waals surface area contributed by atoms with Crippen molar-refractivity contribution in [2.45, 2.75) is 68.3 Å². The Labute approximate surface area is 222 Å². The number of sulfonamides is 1. The second kappa shape index (κ2) is 11.1. The monoisotopic (exact) mass is 546 g/mol. The first-order valence-electron chi connectivity index (χ1n) is 13.1. The average molecular weight is 547 g/mol. The van der Waals surface area contributed by atoms with Crippen molar-refractivity contribution in [2.75, 3.05) is 30.7 Å². The van der Waals surface area contributed by atoms with Crippen LogP contribution in [0.4, 0.5) is 15.2 Å². The molecule has 10 heteroatoms. The van der Waals surface area contributed by atoms with Crippen molar-refractivity contribution in [2.24, 2.45) is 5.92 Å². The van der Waals surface area contributed by atoms with Crippen LogP contribution in [0.3, 0.4) is 0 Å². The molecule has 0 unspecified atom stereocenters. The molecule has 2 fully saturated rings. The lowest BCUT2D eigenvalue weighted by Gasteiger charge is -2.37. The molecule has 200 valence electrons. The third-order valence-electron chi connectivity index (χ3n) is 7.51. The van der Waals surface area contributed by atoms with Crippen molar-refractivity contribution in [1.82, 2.24) is 9.88 Å². The molecule has 0 radical (unpaired) electrons. The number of likely N-dealkylation sites (N-methyl/N-ethyl adjacent to an activating group) is 1. The smallest absolute Gasteiger partial charge is 0.266 e. The van der Waals surface area contributed by atoms with Crippen LogP contribution in [0.1, 0.15) is 51.4 Å². The van der Waals surface area contributed by atoms with Gasteiger partial charge in [-0.25, -0.2) is 17.8 Å². The van der Waals surface area contributed by atoms with E-state index in [0.29, 0.717) is 29.8 Å². The number of thiazole rings is 1. The van der Waals surface area contributed by atoms with Crippen molar-refractivity contribution in [1.29, 1.82) is 0 Å². The highest BCUT2D eigenvalue weighted by Gasteiger charge is 2.27. The molecule has 2 N–H and O–H groups in total. The molecule has 0 saturated heterocycles. The Morgan fingerprint density at radius 3 is 2.57 bits per heavy atom. The van der Waals surface area contributed by atoms with Gasteiger partial charge < -0.3 is 15.0 Å². The third-order valence-corrected chi connectivity index (χ3v) is 9.94. The number of fused-ring (bicyclic) bond motifs is 1. The van der Waals surface area contributed by atoms with Crippen LogP contribution in [0.15, 0.2) is 41.3 Å². The Balaban J connectivity index is 1.27. The van der Waals surface area contributed by atoms with E-state index in [1.165, 1.54) is 55.6 Å². The number of nitrogens with zero attached hydrogens (tertiary/aromatic N) is 2. The van der Waals surface area contributed by atoms with Gasteiger partial charge in [-0.1, -0.05) is 37.0 Å². The van der Waals surface area contributed by atoms with Crippen LogP contribution < -0.4 is 14.8 Å². The standard InChI is InChI=1S/C27H35FN4O3S2/c1-32(2)24-10-6-5-9-22(24)29-19-11-14-26(21(28)15-19)37(33,34)31-27-30-23-13-12-20(16-25(23)36-27)35-17-18-7-3-4-8-18/h11-16,18,22,24,29H,3-10,17H2,1-2H3,(H,30,31)/t22-,24-/m0/s1. The van der Waals surface area contributed by atoms with Crippen LogP contribution in [0.25, 0.3) is 10.2 Å². The van der Waals surface area contributed by atoms with E-state index < -0.39 is 20.7 Å². The molecule has 2 aromatic carbocycles. The minimum absolute atomic E-state index is 0.193. The van der Waals surface area contributed by atoms with Gasteiger partial charge in [-0.2, -0.15) is 0 Å². The zero-order valence-electron chi connectivity index (χ0n) is 21.4. The van der Waals surface area contributed by atoms with Gasteiger partial charge >= 0.3 is 0 Å². The lowest BCUT2D eigenvalue weighted by molar-refractivity contribution is 0.211. The van der Waals surface area contributed by atoms with Gasteiger partial charge in [-0.05, 0) is 82.1 Å². The van der Waals surface area contributed by atoms with E-state index in [1.807, 2.05) is 18.2 Å². The van der Waals surface area contributed by atoms with Crippen molar-refractivity contribution >= 4 is 42.4 Å². The lowest BCUT2D eigenvalue weighted by atomic mass is 9.89. The molecule has 7 nitrogen and oxygen atoms in total. The maximum Gasteiger partial charge on any atom is 0.266 e. The first kappa shape index (κ1) is 26.2. The highest BCUT2D eigenvalue weighted by Crippen LogP contribution is 2.33. The fraction of sp³-hybridized carbons (Fsp3) is 0.519. The Morgan fingerprint density at radius 1 is 1.05 bits per heavy atom. The molecule has 2 atom stereocenters. The number of nitrogens with one attached hydrogen (secondary N) is 2. The van der Waals surface area contributed by atoms with E-state index >= 15 is 4.39 Å². The van der Waals surface area contributed by atoms with Gasteiger partial charge in [0.1, 0.15) is 16.5 Å². The van der Waals surface area contributed by atoms with Crippen molar-refractivity contribution in [3.8, 4) is 5.75 Å². The molecule has 5 rings (SSSR count). The van der Waals surface area contributed by atoms with Crippen LogP contribution in [-0.2, 0) is 10.0 Å². The molecule has 3 aromatic rings. The Kier molecular flexibility index (Phi) is 7.88. The van der Waals surface area contributed by atoms with E-state index in [1.54, 1.807) is 6.07 Å². The number of hydrogen-bond donors (Lipinski definition) is 2. The molecular weight excluding hydrogens is 511 g/mol. The van der Waals surface area contributed by atoms with Crippen LogP contribution in [0.5, 0.6) is 5.75 Å². The molecule has 1 aromatic heterocycles. The number of benzene rings is 2. The molecule has 37 heavy (non-hydrogen) atoms. The number of aromatic nitrogens is 1. The Bertz CT molecular complexity index is 1340. The fourth-order valence-electron chi connectivity index (χ4n) is 5.52. The minimum Gasteiger partial charge on any atom is -0.493 e. The predicted molar refractivity (Wildman–Crippen MR) is 148 cm³/mol. The highest BCUT2D eigenvalue weighted by molar-refractivity contribution is 7.93. The number of rotatable bonds is 9. The van der Waals surface area contributed by atoms with Gasteiger partial charge in [0.25, 0.3) is 10.0 Å². The summed E-state index contributed by atoms with van der Waals surface area (Å²) in [6, 6.07) is 10.3. The normalized spacial score (nSPS) is 21.0. The molecule has 0 bridgehead atoms. The van der Waals surface area contributed by atoms with Gasteiger partial charge in [0.05, 0.1) is 16.8 Å². The second-order valence-corrected chi connectivity index (χ2v) is 13.1. The summed E-state index contributed by atoms with van der Waals surface area (Å²) in [5.74, 6) is 0.563. The van der Waals surface area contributed by atoms with Crippen LogP contribution in [0.2, 0.25) is 0 Å². The first-order chi connectivity index (χ1) is 17.8. The number of halogens is 1. The largest absolute Gasteiger partial charge is 0.493 e. The first-order valence-corrected chi connectivity index (χ1v) is 15.4. The molecule has 2 saturated carbocycles. The predicted octanol–water partition coefficient (Wildman–Crippen LogP) is 6.09. The quantitative estimate of drug-likeness (QED) is 0.338. The lowest BCUT2D eigenvalue weighted by Crippen LogP contribution is -2.45. The number of ether oxygens (including phenoxy) is 1. The SMILES string of the molecule is CN(C)[C@H]1CCCC[C@@H]1Nc1ccc(S(=O)(=O)Nc2nc3ccc(OCC4CCCC4)cc3s2)c(F)c1. The number of anilines is 2. The highest BCUT2D eigenvalue weighted by atomic mass is 32.2. The molecule has 2 aliphatic rings. The Hall–Kier alpha value is -2.43. The van der Waals surface area contributed by atoms with Crippen LogP contribution in [0, 0.1) is 11.7 Å². The van der Waals surface area contributed by atoms with Crippen LogP contribution in [-0.4, -0.2) is 51.1 Å². The number of hydrogen-bond acceptors (Lipinski definition) is 7. The van der Waals surface area contributed by atoms with Crippen LogP contribution >= 0.6 is 11.3 Å². The average Bonchev–Trinajstić information content (AvgIpc) is 3.51. The maximum absolute atomic E-state index is 15.0. The summed E-state index contributed by atoms with van der Waals surface area (Å²) in [6.07, 6.45) is 9.33. The molecule has 1 heterocycles. The summed E-state index contributed by atoms with van der Waals surface area (Å²) >= 11 is 1.21. The minimum atomic E-state index is -4.14. The maximum atomic E-state index is 15.0. The van der Waals surface area contributed by atoms with E-state index in [4.69, 9.17) is 4.74 Å². The van der Waals surface area contributed by atoms with E-state index in [2.05, 4.69) is 34.0 Å². The van der Waals surface area contributed by atoms with Crippen molar-refractivity contribution < 1.29 is 17.5 Å². The second-order valence-electron chi connectivity index (χ2n) is 10.4. The van der Waals surface area contributed by atoms with Crippen molar-refractivity contribution in [3.05, 3.63) is 42.2 Å². The van der Waals surface area contributed by atoms with E-state index in [-0.39, 0.29) is 11.2 Å². The fourth-order valence-corrected chi connectivity index (χ4v) is 7.71. The van der Waals surface area contributed by atoms with Gasteiger partial charge in [0.2, 0.25) is 0 Å². The van der Waals surface area contributed by atoms with E-state index in [0.717, 1.165) is 29.7 Å². The van der Waals surface area contributed by atoms with E-state index in [9.17, 15) is 8.42 Å². The van der Waals surface area contributed by atoms with Gasteiger partial charge in [-0.15, -0.1) is 0 Å². The molecule has 0 spiro atoms. The molecule has 2 aliphatic carbocycles. The van der Waals surface area contributed by atoms with Gasteiger partial charge in [0.15, 0.2) is 5.13 Å². The third kappa shape index (κ3) is 6.18. The zero-order valence-corrected chi connectivity index (χ0v) is 23.0. The van der Waals surface area contributed by atoms with Crippen molar-refractivity contribution in [3.63, 3.8) is 0 Å². The summed E-state index contributed by atoms with van der Waals surface area (Å²) in [4.78, 5) is 6.18. The molecule has 0 amide bonds. The summed E-state index contributed by atoms with van der Waals surface area (Å²) in [6.45, 7) is 0.699. The van der Waals surface area contributed by atoms with Gasteiger partial charge in [-0.3, -0.25) is 4.72 Å².